The first-order chi connectivity index (χ1) is 8.47. The number of urea groups is 1. The molecular formula is C10H19N3O5. The van der Waals surface area contributed by atoms with Crippen LogP contribution < -0.4 is 16.0 Å². The maximum absolute atomic E-state index is 11.3. The van der Waals surface area contributed by atoms with Gasteiger partial charge >= 0.3 is 12.0 Å². The molecule has 0 heterocycles. The van der Waals surface area contributed by atoms with Crippen molar-refractivity contribution in [1.82, 2.24) is 16.0 Å². The van der Waals surface area contributed by atoms with Crippen molar-refractivity contribution in [3.63, 3.8) is 0 Å². The Labute approximate surface area is 105 Å². The summed E-state index contributed by atoms with van der Waals surface area (Å²) in [5, 5.41) is 16.1. The SMILES string of the molecule is COCCC(NC(=O)NCCNC(C)=O)C(=O)O. The van der Waals surface area contributed by atoms with Gasteiger partial charge in [0.2, 0.25) is 5.91 Å². The van der Waals surface area contributed by atoms with Gasteiger partial charge in [0.05, 0.1) is 0 Å². The largest absolute Gasteiger partial charge is 0.480 e. The van der Waals surface area contributed by atoms with Gasteiger partial charge in [-0.3, -0.25) is 4.79 Å². The molecule has 0 aromatic heterocycles. The third-order valence-electron chi connectivity index (χ3n) is 2.00. The topological polar surface area (TPSA) is 117 Å². The molecule has 0 fully saturated rings. The average Bonchev–Trinajstić information content (AvgIpc) is 2.29. The molecular weight excluding hydrogens is 242 g/mol. The summed E-state index contributed by atoms with van der Waals surface area (Å²) in [6.45, 7) is 2.12. The van der Waals surface area contributed by atoms with Crippen molar-refractivity contribution in [1.29, 1.82) is 0 Å². The quantitative estimate of drug-likeness (QED) is 0.414. The van der Waals surface area contributed by atoms with E-state index in [0.717, 1.165) is 0 Å². The van der Waals surface area contributed by atoms with Crippen molar-refractivity contribution in [3.8, 4) is 0 Å². The van der Waals surface area contributed by atoms with E-state index < -0.39 is 18.0 Å². The number of ether oxygens (including phenoxy) is 1. The molecule has 3 amide bonds. The van der Waals surface area contributed by atoms with Crippen LogP contribution in [0.15, 0.2) is 0 Å². The van der Waals surface area contributed by atoms with Crippen LogP contribution in [-0.2, 0) is 14.3 Å². The fourth-order valence-corrected chi connectivity index (χ4v) is 1.12. The zero-order valence-corrected chi connectivity index (χ0v) is 10.5. The maximum atomic E-state index is 11.3. The van der Waals surface area contributed by atoms with Gasteiger partial charge in [-0.2, -0.15) is 0 Å². The molecule has 0 rings (SSSR count). The Bertz CT molecular complexity index is 295. The summed E-state index contributed by atoms with van der Waals surface area (Å²) in [4.78, 5) is 32.7. The Morgan fingerprint density at radius 2 is 1.83 bits per heavy atom. The van der Waals surface area contributed by atoms with Gasteiger partial charge < -0.3 is 25.8 Å². The molecule has 1 atom stereocenters. The summed E-state index contributed by atoms with van der Waals surface area (Å²) in [7, 11) is 1.45. The second-order valence-electron chi connectivity index (χ2n) is 3.56. The van der Waals surface area contributed by atoms with E-state index >= 15 is 0 Å². The summed E-state index contributed by atoms with van der Waals surface area (Å²) in [5.74, 6) is -1.32. The van der Waals surface area contributed by atoms with E-state index in [0.29, 0.717) is 6.54 Å². The van der Waals surface area contributed by atoms with Crippen molar-refractivity contribution in [2.75, 3.05) is 26.8 Å². The number of hydrogen-bond acceptors (Lipinski definition) is 4. The zero-order valence-electron chi connectivity index (χ0n) is 10.5. The Morgan fingerprint density at radius 3 is 2.33 bits per heavy atom. The van der Waals surface area contributed by atoms with E-state index in [1.165, 1.54) is 14.0 Å². The van der Waals surface area contributed by atoms with Gasteiger partial charge in [0, 0.05) is 40.2 Å². The fraction of sp³-hybridized carbons (Fsp3) is 0.700. The second kappa shape index (κ2) is 9.23. The van der Waals surface area contributed by atoms with E-state index in [2.05, 4.69) is 16.0 Å². The summed E-state index contributed by atoms with van der Waals surface area (Å²) in [5.41, 5.74) is 0. The van der Waals surface area contributed by atoms with Crippen molar-refractivity contribution in [3.05, 3.63) is 0 Å². The lowest BCUT2D eigenvalue weighted by Gasteiger charge is -2.14. The molecule has 1 unspecified atom stereocenters. The first-order valence-electron chi connectivity index (χ1n) is 5.48. The number of carboxylic acids is 1. The van der Waals surface area contributed by atoms with Gasteiger partial charge in [-0.1, -0.05) is 0 Å². The van der Waals surface area contributed by atoms with Crippen LogP contribution in [0.5, 0.6) is 0 Å². The molecule has 0 spiro atoms. The van der Waals surface area contributed by atoms with Gasteiger partial charge in [0.15, 0.2) is 0 Å². The molecule has 0 aliphatic heterocycles. The summed E-state index contributed by atoms with van der Waals surface area (Å²) in [6.07, 6.45) is 0.185. The molecule has 0 aliphatic rings. The molecule has 0 saturated carbocycles. The zero-order chi connectivity index (χ0) is 14.0. The third kappa shape index (κ3) is 8.34. The van der Waals surface area contributed by atoms with Crippen LogP contribution in [0, 0.1) is 0 Å². The van der Waals surface area contributed by atoms with Gasteiger partial charge in [0.25, 0.3) is 0 Å². The Kier molecular flexibility index (Phi) is 8.29. The molecule has 18 heavy (non-hydrogen) atoms. The molecule has 4 N–H and O–H groups in total. The first kappa shape index (κ1) is 16.2. The standard InChI is InChI=1S/C10H19N3O5/c1-7(14)11-4-5-12-10(17)13-8(9(15)16)3-6-18-2/h8H,3-6H2,1-2H3,(H,11,14)(H,15,16)(H2,12,13,17). The molecule has 104 valence electrons. The van der Waals surface area contributed by atoms with Crippen LogP contribution in [-0.4, -0.2) is 55.9 Å². The smallest absolute Gasteiger partial charge is 0.326 e. The van der Waals surface area contributed by atoms with Gasteiger partial charge in [-0.15, -0.1) is 0 Å². The highest BCUT2D eigenvalue weighted by molar-refractivity contribution is 5.82. The normalized spacial score (nSPS) is 11.4. The van der Waals surface area contributed by atoms with E-state index in [1.54, 1.807) is 0 Å². The van der Waals surface area contributed by atoms with Crippen molar-refractivity contribution >= 4 is 17.9 Å². The minimum Gasteiger partial charge on any atom is -0.480 e. The van der Waals surface area contributed by atoms with Crippen LogP contribution in [0.2, 0.25) is 0 Å². The number of methoxy groups -OCH3 is 1. The van der Waals surface area contributed by atoms with E-state index in [1.807, 2.05) is 0 Å². The molecule has 8 nitrogen and oxygen atoms in total. The number of rotatable bonds is 8. The lowest BCUT2D eigenvalue weighted by atomic mass is 10.2. The summed E-state index contributed by atoms with van der Waals surface area (Å²) >= 11 is 0. The van der Waals surface area contributed by atoms with E-state index in [9.17, 15) is 14.4 Å². The van der Waals surface area contributed by atoms with Crippen LogP contribution in [0.3, 0.4) is 0 Å². The third-order valence-corrected chi connectivity index (χ3v) is 2.00. The lowest BCUT2D eigenvalue weighted by Crippen LogP contribution is -2.47. The minimum atomic E-state index is -1.12. The number of carbonyl (C=O) groups excluding carboxylic acids is 2. The number of nitrogens with one attached hydrogen (secondary N) is 3. The minimum absolute atomic E-state index is 0.185. The predicted octanol–water partition coefficient (Wildman–Crippen LogP) is -1.09. The molecule has 8 heteroatoms. The number of amides is 3. The van der Waals surface area contributed by atoms with Crippen LogP contribution in [0.25, 0.3) is 0 Å². The van der Waals surface area contributed by atoms with E-state index in [-0.39, 0.29) is 25.5 Å². The van der Waals surface area contributed by atoms with Crippen molar-refractivity contribution in [2.24, 2.45) is 0 Å². The summed E-state index contributed by atoms with van der Waals surface area (Å²) in [6, 6.07) is -1.59. The fourth-order valence-electron chi connectivity index (χ4n) is 1.12. The van der Waals surface area contributed by atoms with Gasteiger partial charge in [-0.25, -0.2) is 9.59 Å². The lowest BCUT2D eigenvalue weighted by molar-refractivity contribution is -0.139. The highest BCUT2D eigenvalue weighted by Gasteiger charge is 2.18. The number of carboxylic acid groups (broad SMARTS) is 1. The molecule has 0 bridgehead atoms. The Morgan fingerprint density at radius 1 is 1.22 bits per heavy atom. The highest BCUT2D eigenvalue weighted by Crippen LogP contribution is 1.92. The molecule has 0 saturated heterocycles. The second-order valence-corrected chi connectivity index (χ2v) is 3.56. The molecule has 0 aliphatic carbocycles. The highest BCUT2D eigenvalue weighted by atomic mass is 16.5. The Hall–Kier alpha value is -1.83. The summed E-state index contributed by atoms with van der Waals surface area (Å²) < 4.78 is 4.75. The first-order valence-corrected chi connectivity index (χ1v) is 5.48. The van der Waals surface area contributed by atoms with Crippen LogP contribution >= 0.6 is 0 Å². The van der Waals surface area contributed by atoms with Crippen molar-refractivity contribution < 1.29 is 24.2 Å². The molecule has 0 aromatic carbocycles. The Balaban J connectivity index is 3.87. The molecule has 0 aromatic rings. The van der Waals surface area contributed by atoms with Crippen LogP contribution in [0.4, 0.5) is 4.79 Å². The number of aliphatic carboxylic acids is 1. The van der Waals surface area contributed by atoms with E-state index in [4.69, 9.17) is 9.84 Å². The molecule has 0 radical (unpaired) electrons. The predicted molar refractivity (Wildman–Crippen MR) is 63.1 cm³/mol. The van der Waals surface area contributed by atoms with Gasteiger partial charge in [0.1, 0.15) is 6.04 Å². The van der Waals surface area contributed by atoms with Crippen molar-refractivity contribution in [2.45, 2.75) is 19.4 Å². The number of hydrogen-bond donors (Lipinski definition) is 4. The van der Waals surface area contributed by atoms with Crippen LogP contribution in [0.1, 0.15) is 13.3 Å². The average molecular weight is 261 g/mol. The van der Waals surface area contributed by atoms with Gasteiger partial charge in [-0.05, 0) is 0 Å². The maximum Gasteiger partial charge on any atom is 0.326 e. The number of carbonyl (C=O) groups is 3. The monoisotopic (exact) mass is 261 g/mol.